The summed E-state index contributed by atoms with van der Waals surface area (Å²) in [5.41, 5.74) is 6.65. The zero-order valence-electron chi connectivity index (χ0n) is 12.6. The van der Waals surface area contributed by atoms with Crippen LogP contribution >= 0.6 is 0 Å². The molecule has 2 atom stereocenters. The van der Waals surface area contributed by atoms with Crippen molar-refractivity contribution in [2.24, 2.45) is 11.7 Å². The Morgan fingerprint density at radius 2 is 2.21 bits per heavy atom. The minimum atomic E-state index is -0.0270. The van der Waals surface area contributed by atoms with E-state index >= 15 is 0 Å². The second kappa shape index (κ2) is 6.56. The van der Waals surface area contributed by atoms with Crippen LogP contribution in [0.1, 0.15) is 64.6 Å². The number of nitrogens with zero attached hydrogens (tertiary/aromatic N) is 2. The molecule has 19 heavy (non-hydrogen) atoms. The number of imidazole rings is 1. The maximum absolute atomic E-state index is 6.68. The van der Waals surface area contributed by atoms with E-state index in [1.807, 2.05) is 6.20 Å². The van der Waals surface area contributed by atoms with Crippen LogP contribution in [0.25, 0.3) is 0 Å². The fraction of sp³-hybridized carbons (Fsp3) is 0.812. The van der Waals surface area contributed by atoms with Gasteiger partial charge in [0.25, 0.3) is 0 Å². The van der Waals surface area contributed by atoms with Crippen molar-refractivity contribution in [2.45, 2.75) is 77.3 Å². The summed E-state index contributed by atoms with van der Waals surface area (Å²) >= 11 is 0. The maximum atomic E-state index is 6.68. The van der Waals surface area contributed by atoms with E-state index in [1.54, 1.807) is 0 Å². The van der Waals surface area contributed by atoms with Crippen molar-refractivity contribution in [1.82, 2.24) is 9.55 Å². The third-order valence-corrected chi connectivity index (χ3v) is 4.69. The first-order valence-electron chi connectivity index (χ1n) is 7.96. The normalized spacial score (nSPS) is 28.3. The van der Waals surface area contributed by atoms with E-state index in [9.17, 15) is 0 Å². The lowest BCUT2D eigenvalue weighted by Crippen LogP contribution is -2.42. The standard InChI is InChI=1S/C16H29N3/c1-3-6-14-7-5-9-16(17,10-8-14)13-15-18-11-12-19(15)4-2/h11-12,14H,3-10,13,17H2,1-2H3. The molecule has 0 spiro atoms. The van der Waals surface area contributed by atoms with Crippen LogP contribution in [-0.4, -0.2) is 15.1 Å². The predicted octanol–water partition coefficient (Wildman–Crippen LogP) is 3.52. The van der Waals surface area contributed by atoms with Crippen LogP contribution in [0.2, 0.25) is 0 Å². The molecule has 0 saturated heterocycles. The van der Waals surface area contributed by atoms with E-state index in [-0.39, 0.29) is 5.54 Å². The summed E-state index contributed by atoms with van der Waals surface area (Å²) in [5, 5.41) is 0. The van der Waals surface area contributed by atoms with Crippen LogP contribution in [0.4, 0.5) is 0 Å². The molecule has 1 aliphatic carbocycles. The molecule has 3 heteroatoms. The van der Waals surface area contributed by atoms with Gasteiger partial charge in [-0.1, -0.05) is 32.6 Å². The summed E-state index contributed by atoms with van der Waals surface area (Å²) < 4.78 is 2.23. The quantitative estimate of drug-likeness (QED) is 0.826. The van der Waals surface area contributed by atoms with Crippen LogP contribution in [0.15, 0.2) is 12.4 Å². The van der Waals surface area contributed by atoms with E-state index in [1.165, 1.54) is 37.9 Å². The summed E-state index contributed by atoms with van der Waals surface area (Å²) in [6, 6.07) is 0. The van der Waals surface area contributed by atoms with Crippen molar-refractivity contribution in [3.63, 3.8) is 0 Å². The van der Waals surface area contributed by atoms with E-state index in [0.29, 0.717) is 0 Å². The van der Waals surface area contributed by atoms with E-state index in [0.717, 1.165) is 31.7 Å². The molecule has 2 N–H and O–H groups in total. The number of aryl methyl sites for hydroxylation is 1. The molecule has 1 saturated carbocycles. The highest BCUT2D eigenvalue weighted by molar-refractivity contribution is 5.01. The van der Waals surface area contributed by atoms with E-state index in [4.69, 9.17) is 5.73 Å². The topological polar surface area (TPSA) is 43.8 Å². The molecule has 0 bridgehead atoms. The molecule has 0 amide bonds. The molecule has 2 unspecified atom stereocenters. The molecule has 1 aliphatic rings. The fourth-order valence-electron chi connectivity index (χ4n) is 3.49. The van der Waals surface area contributed by atoms with Crippen molar-refractivity contribution >= 4 is 0 Å². The summed E-state index contributed by atoms with van der Waals surface area (Å²) in [5.74, 6) is 2.07. The highest BCUT2D eigenvalue weighted by Crippen LogP contribution is 2.33. The van der Waals surface area contributed by atoms with Crippen LogP contribution in [-0.2, 0) is 13.0 Å². The van der Waals surface area contributed by atoms with Crippen LogP contribution < -0.4 is 5.73 Å². The summed E-state index contributed by atoms with van der Waals surface area (Å²) in [4.78, 5) is 4.50. The monoisotopic (exact) mass is 263 g/mol. The summed E-state index contributed by atoms with van der Waals surface area (Å²) in [6.07, 6.45) is 13.9. The Balaban J connectivity index is 1.98. The lowest BCUT2D eigenvalue weighted by Gasteiger charge is -2.28. The fourth-order valence-corrected chi connectivity index (χ4v) is 3.49. The van der Waals surface area contributed by atoms with Gasteiger partial charge in [-0.3, -0.25) is 0 Å². The first-order valence-corrected chi connectivity index (χ1v) is 7.96. The van der Waals surface area contributed by atoms with Gasteiger partial charge < -0.3 is 10.3 Å². The van der Waals surface area contributed by atoms with Crippen molar-refractivity contribution in [3.8, 4) is 0 Å². The van der Waals surface area contributed by atoms with Gasteiger partial charge in [0.15, 0.2) is 0 Å². The zero-order valence-corrected chi connectivity index (χ0v) is 12.6. The third-order valence-electron chi connectivity index (χ3n) is 4.69. The Hall–Kier alpha value is -0.830. The molecule has 1 fully saturated rings. The van der Waals surface area contributed by atoms with Gasteiger partial charge in [-0.05, 0) is 32.1 Å². The zero-order chi connectivity index (χ0) is 13.7. The first kappa shape index (κ1) is 14.6. The van der Waals surface area contributed by atoms with Gasteiger partial charge >= 0.3 is 0 Å². The molecule has 108 valence electrons. The lowest BCUT2D eigenvalue weighted by molar-refractivity contribution is 0.345. The smallest absolute Gasteiger partial charge is 0.110 e. The second-order valence-electron chi connectivity index (χ2n) is 6.25. The molecule has 0 aliphatic heterocycles. The lowest BCUT2D eigenvalue weighted by atomic mass is 9.86. The van der Waals surface area contributed by atoms with E-state index in [2.05, 4.69) is 29.6 Å². The Morgan fingerprint density at radius 1 is 1.37 bits per heavy atom. The molecule has 0 aromatic carbocycles. The second-order valence-corrected chi connectivity index (χ2v) is 6.25. The third kappa shape index (κ3) is 3.82. The minimum Gasteiger partial charge on any atom is -0.335 e. The highest BCUT2D eigenvalue weighted by atomic mass is 15.1. The molecule has 3 nitrogen and oxygen atoms in total. The van der Waals surface area contributed by atoms with Crippen molar-refractivity contribution in [1.29, 1.82) is 0 Å². The van der Waals surface area contributed by atoms with Gasteiger partial charge in [0, 0.05) is 30.9 Å². The van der Waals surface area contributed by atoms with Crippen LogP contribution in [0, 0.1) is 5.92 Å². The average Bonchev–Trinajstić information content (AvgIpc) is 2.74. The maximum Gasteiger partial charge on any atom is 0.110 e. The van der Waals surface area contributed by atoms with Gasteiger partial charge in [-0.2, -0.15) is 0 Å². The minimum absolute atomic E-state index is 0.0270. The number of nitrogens with two attached hydrogens (primary N) is 1. The van der Waals surface area contributed by atoms with Gasteiger partial charge in [0.1, 0.15) is 5.82 Å². The number of rotatable bonds is 5. The largest absolute Gasteiger partial charge is 0.335 e. The highest BCUT2D eigenvalue weighted by Gasteiger charge is 2.30. The average molecular weight is 263 g/mol. The molecule has 1 aromatic heterocycles. The van der Waals surface area contributed by atoms with Gasteiger partial charge in [0.2, 0.25) is 0 Å². The van der Waals surface area contributed by atoms with Crippen molar-refractivity contribution in [2.75, 3.05) is 0 Å². The Bertz CT molecular complexity index is 385. The molecule has 2 rings (SSSR count). The number of hydrogen-bond donors (Lipinski definition) is 1. The van der Waals surface area contributed by atoms with Crippen LogP contribution in [0.3, 0.4) is 0 Å². The first-order chi connectivity index (χ1) is 9.17. The Morgan fingerprint density at radius 3 is 2.95 bits per heavy atom. The van der Waals surface area contributed by atoms with E-state index < -0.39 is 0 Å². The summed E-state index contributed by atoms with van der Waals surface area (Å²) in [6.45, 7) is 5.45. The summed E-state index contributed by atoms with van der Waals surface area (Å²) in [7, 11) is 0. The Kier molecular flexibility index (Phi) is 5.03. The molecular formula is C16H29N3. The van der Waals surface area contributed by atoms with Crippen molar-refractivity contribution < 1.29 is 0 Å². The molecule has 0 radical (unpaired) electrons. The van der Waals surface area contributed by atoms with Crippen molar-refractivity contribution in [3.05, 3.63) is 18.2 Å². The Labute approximate surface area is 117 Å². The predicted molar refractivity (Wildman–Crippen MR) is 80.0 cm³/mol. The molecule has 1 aromatic rings. The van der Waals surface area contributed by atoms with Gasteiger partial charge in [-0.25, -0.2) is 4.98 Å². The number of hydrogen-bond acceptors (Lipinski definition) is 2. The van der Waals surface area contributed by atoms with Gasteiger partial charge in [0.05, 0.1) is 0 Å². The molecular weight excluding hydrogens is 234 g/mol. The SMILES string of the molecule is CCCC1CCCC(N)(Cc2nccn2CC)CC1. The van der Waals surface area contributed by atoms with Gasteiger partial charge in [-0.15, -0.1) is 0 Å². The van der Waals surface area contributed by atoms with Crippen LogP contribution in [0.5, 0.6) is 0 Å². The molecule has 1 heterocycles. The number of aromatic nitrogens is 2.